The molecule has 18 heavy (non-hydrogen) atoms. The van der Waals surface area contributed by atoms with Crippen LogP contribution in [0.4, 0.5) is 0 Å². The molecule has 0 bridgehead atoms. The van der Waals surface area contributed by atoms with Crippen molar-refractivity contribution in [1.29, 1.82) is 0 Å². The van der Waals surface area contributed by atoms with Gasteiger partial charge >= 0.3 is 0 Å². The van der Waals surface area contributed by atoms with E-state index in [1.54, 1.807) is 7.11 Å². The standard InChI is InChI=1S/C15H24N2O/c1-11-7-12(2)17(10-11)15(9-16)13-5-4-6-14(8-13)18-3/h4-6,8,11-12,15H,7,9-10,16H2,1-3H3. The fourth-order valence-electron chi connectivity index (χ4n) is 3.08. The molecule has 1 heterocycles. The van der Waals surface area contributed by atoms with Crippen LogP contribution < -0.4 is 10.5 Å². The maximum atomic E-state index is 6.00. The van der Waals surface area contributed by atoms with Crippen molar-refractivity contribution >= 4 is 0 Å². The van der Waals surface area contributed by atoms with Crippen LogP contribution in [-0.4, -0.2) is 31.1 Å². The number of nitrogens with zero attached hydrogens (tertiary/aromatic N) is 1. The first kappa shape index (κ1) is 13.4. The van der Waals surface area contributed by atoms with Crippen LogP contribution in [0.2, 0.25) is 0 Å². The van der Waals surface area contributed by atoms with Gasteiger partial charge in [-0.2, -0.15) is 0 Å². The number of rotatable bonds is 4. The minimum absolute atomic E-state index is 0.306. The van der Waals surface area contributed by atoms with Gasteiger partial charge in [-0.15, -0.1) is 0 Å². The highest BCUT2D eigenvalue weighted by molar-refractivity contribution is 5.31. The first-order valence-electron chi connectivity index (χ1n) is 6.75. The number of hydrogen-bond donors (Lipinski definition) is 1. The average Bonchev–Trinajstić information content (AvgIpc) is 2.70. The number of nitrogens with two attached hydrogens (primary N) is 1. The van der Waals surface area contributed by atoms with E-state index in [0.717, 1.165) is 18.2 Å². The molecular weight excluding hydrogens is 224 g/mol. The molecule has 1 aliphatic rings. The van der Waals surface area contributed by atoms with Crippen LogP contribution >= 0.6 is 0 Å². The molecule has 2 rings (SSSR count). The fraction of sp³-hybridized carbons (Fsp3) is 0.600. The Morgan fingerprint density at radius 3 is 2.78 bits per heavy atom. The molecule has 0 amide bonds. The molecule has 1 aromatic rings. The molecule has 1 aromatic carbocycles. The average molecular weight is 248 g/mol. The summed E-state index contributed by atoms with van der Waals surface area (Å²) in [5, 5.41) is 0. The quantitative estimate of drug-likeness (QED) is 0.889. The van der Waals surface area contributed by atoms with Crippen molar-refractivity contribution in [2.75, 3.05) is 20.2 Å². The lowest BCUT2D eigenvalue weighted by molar-refractivity contribution is 0.192. The third kappa shape index (κ3) is 2.68. The van der Waals surface area contributed by atoms with Gasteiger partial charge in [0.15, 0.2) is 0 Å². The van der Waals surface area contributed by atoms with Gasteiger partial charge in [0.1, 0.15) is 5.75 Å². The van der Waals surface area contributed by atoms with E-state index in [0.29, 0.717) is 18.6 Å². The van der Waals surface area contributed by atoms with E-state index in [-0.39, 0.29) is 0 Å². The normalized spacial score (nSPS) is 26.2. The van der Waals surface area contributed by atoms with Crippen LogP contribution in [-0.2, 0) is 0 Å². The van der Waals surface area contributed by atoms with Crippen LogP contribution in [0.25, 0.3) is 0 Å². The molecule has 1 aliphatic heterocycles. The molecule has 3 nitrogen and oxygen atoms in total. The molecule has 3 heteroatoms. The van der Waals surface area contributed by atoms with Crippen LogP contribution in [0.5, 0.6) is 5.75 Å². The number of methoxy groups -OCH3 is 1. The third-order valence-electron chi connectivity index (χ3n) is 3.93. The second-order valence-electron chi connectivity index (χ2n) is 5.41. The van der Waals surface area contributed by atoms with Crippen LogP contribution in [0.1, 0.15) is 31.9 Å². The van der Waals surface area contributed by atoms with Crippen molar-refractivity contribution in [2.45, 2.75) is 32.4 Å². The smallest absolute Gasteiger partial charge is 0.119 e. The van der Waals surface area contributed by atoms with Gasteiger partial charge in [-0.25, -0.2) is 0 Å². The van der Waals surface area contributed by atoms with Gasteiger partial charge in [0, 0.05) is 25.2 Å². The lowest BCUT2D eigenvalue weighted by Gasteiger charge is -2.31. The third-order valence-corrected chi connectivity index (χ3v) is 3.93. The van der Waals surface area contributed by atoms with Gasteiger partial charge < -0.3 is 10.5 Å². The Labute approximate surface area is 110 Å². The zero-order chi connectivity index (χ0) is 13.1. The van der Waals surface area contributed by atoms with Crippen molar-refractivity contribution in [2.24, 2.45) is 11.7 Å². The second kappa shape index (κ2) is 5.72. The topological polar surface area (TPSA) is 38.5 Å². The van der Waals surface area contributed by atoms with Crippen molar-refractivity contribution < 1.29 is 4.74 Å². The number of likely N-dealkylation sites (tertiary alicyclic amines) is 1. The molecule has 1 saturated heterocycles. The van der Waals surface area contributed by atoms with Gasteiger partial charge in [0.05, 0.1) is 7.11 Å². The zero-order valence-corrected chi connectivity index (χ0v) is 11.6. The van der Waals surface area contributed by atoms with Gasteiger partial charge in [0.2, 0.25) is 0 Å². The highest BCUT2D eigenvalue weighted by Gasteiger charge is 2.31. The first-order valence-corrected chi connectivity index (χ1v) is 6.75. The van der Waals surface area contributed by atoms with Crippen LogP contribution in [0.3, 0.4) is 0 Å². The summed E-state index contributed by atoms with van der Waals surface area (Å²) in [5.41, 5.74) is 7.26. The van der Waals surface area contributed by atoms with Crippen molar-refractivity contribution in [1.82, 2.24) is 4.90 Å². The highest BCUT2D eigenvalue weighted by atomic mass is 16.5. The van der Waals surface area contributed by atoms with Gasteiger partial charge in [-0.1, -0.05) is 19.1 Å². The minimum atomic E-state index is 0.306. The molecule has 3 unspecified atom stereocenters. The molecule has 3 atom stereocenters. The Balaban J connectivity index is 2.22. The predicted molar refractivity (Wildman–Crippen MR) is 74.7 cm³/mol. The zero-order valence-electron chi connectivity index (χ0n) is 11.6. The van der Waals surface area contributed by atoms with E-state index in [9.17, 15) is 0 Å². The Bertz CT molecular complexity index is 394. The molecule has 1 fully saturated rings. The molecule has 0 aromatic heterocycles. The molecule has 2 N–H and O–H groups in total. The Hall–Kier alpha value is -1.06. The maximum Gasteiger partial charge on any atom is 0.119 e. The van der Waals surface area contributed by atoms with E-state index < -0.39 is 0 Å². The predicted octanol–water partition coefficient (Wildman–Crippen LogP) is 2.43. The van der Waals surface area contributed by atoms with Crippen molar-refractivity contribution in [3.8, 4) is 5.75 Å². The van der Waals surface area contributed by atoms with E-state index in [1.807, 2.05) is 12.1 Å². The van der Waals surface area contributed by atoms with E-state index >= 15 is 0 Å². The summed E-state index contributed by atoms with van der Waals surface area (Å²) in [4.78, 5) is 2.53. The van der Waals surface area contributed by atoms with Crippen LogP contribution in [0, 0.1) is 5.92 Å². The Morgan fingerprint density at radius 1 is 1.44 bits per heavy atom. The Morgan fingerprint density at radius 2 is 2.22 bits per heavy atom. The van der Waals surface area contributed by atoms with Crippen molar-refractivity contribution in [3.05, 3.63) is 29.8 Å². The lowest BCUT2D eigenvalue weighted by atomic mass is 10.0. The highest BCUT2D eigenvalue weighted by Crippen LogP contribution is 2.32. The number of hydrogen-bond acceptors (Lipinski definition) is 3. The second-order valence-corrected chi connectivity index (χ2v) is 5.41. The molecule has 0 saturated carbocycles. The van der Waals surface area contributed by atoms with E-state index in [1.165, 1.54) is 12.0 Å². The van der Waals surface area contributed by atoms with E-state index in [4.69, 9.17) is 10.5 Å². The summed E-state index contributed by atoms with van der Waals surface area (Å²) in [6.07, 6.45) is 1.26. The van der Waals surface area contributed by atoms with Crippen LogP contribution in [0.15, 0.2) is 24.3 Å². The van der Waals surface area contributed by atoms with Gasteiger partial charge in [-0.3, -0.25) is 4.90 Å². The number of ether oxygens (including phenoxy) is 1. The molecular formula is C15H24N2O. The monoisotopic (exact) mass is 248 g/mol. The van der Waals surface area contributed by atoms with E-state index in [2.05, 4.69) is 30.9 Å². The lowest BCUT2D eigenvalue weighted by Crippen LogP contribution is -2.36. The minimum Gasteiger partial charge on any atom is -0.497 e. The summed E-state index contributed by atoms with van der Waals surface area (Å²) in [6.45, 7) is 6.41. The number of benzene rings is 1. The SMILES string of the molecule is COc1cccc(C(CN)N2CC(C)CC2C)c1. The van der Waals surface area contributed by atoms with Gasteiger partial charge in [0.25, 0.3) is 0 Å². The summed E-state index contributed by atoms with van der Waals surface area (Å²) in [6, 6.07) is 9.19. The first-order chi connectivity index (χ1) is 8.65. The summed E-state index contributed by atoms with van der Waals surface area (Å²) >= 11 is 0. The maximum absolute atomic E-state index is 6.00. The van der Waals surface area contributed by atoms with Crippen molar-refractivity contribution in [3.63, 3.8) is 0 Å². The summed E-state index contributed by atoms with van der Waals surface area (Å²) in [5.74, 6) is 1.67. The fourth-order valence-corrected chi connectivity index (χ4v) is 3.08. The molecule has 0 radical (unpaired) electrons. The Kier molecular flexibility index (Phi) is 4.25. The molecule has 0 aliphatic carbocycles. The van der Waals surface area contributed by atoms with Gasteiger partial charge in [-0.05, 0) is 37.0 Å². The largest absolute Gasteiger partial charge is 0.497 e. The summed E-state index contributed by atoms with van der Waals surface area (Å²) < 4.78 is 5.30. The molecule has 0 spiro atoms. The molecule has 100 valence electrons. The summed E-state index contributed by atoms with van der Waals surface area (Å²) in [7, 11) is 1.71.